The predicted octanol–water partition coefficient (Wildman–Crippen LogP) is 1.90. The predicted molar refractivity (Wildman–Crippen MR) is 57.3 cm³/mol. The number of aryl methyl sites for hydroxylation is 1. The average Bonchev–Trinajstić information content (AvgIpc) is 2.60. The van der Waals surface area contributed by atoms with Gasteiger partial charge in [-0.2, -0.15) is 0 Å². The molecule has 1 amide bonds. The molecule has 1 rings (SSSR count). The first-order valence-corrected chi connectivity index (χ1v) is 5.02. The quantitative estimate of drug-likeness (QED) is 0.718. The lowest BCUT2D eigenvalue weighted by molar-refractivity contribution is 0.0793. The highest BCUT2D eigenvalue weighted by atomic mass is 16.2. The Balaban J connectivity index is 2.56. The molecule has 1 aromatic rings. The summed E-state index contributed by atoms with van der Waals surface area (Å²) < 4.78 is 1.89. The monoisotopic (exact) mass is 194 g/mol. The topological polar surface area (TPSA) is 25.2 Å². The van der Waals surface area contributed by atoms with Crippen LogP contribution in [0.1, 0.15) is 30.1 Å². The van der Waals surface area contributed by atoms with Crippen molar-refractivity contribution in [2.45, 2.75) is 19.8 Å². The van der Waals surface area contributed by atoms with Gasteiger partial charge in [0.05, 0.1) is 5.56 Å². The second-order valence-electron chi connectivity index (χ2n) is 3.65. The minimum atomic E-state index is 0.110. The maximum absolute atomic E-state index is 11.8. The Labute approximate surface area is 85.3 Å². The molecule has 0 N–H and O–H groups in total. The van der Waals surface area contributed by atoms with E-state index in [1.165, 1.54) is 0 Å². The zero-order chi connectivity index (χ0) is 10.6. The number of rotatable bonds is 4. The van der Waals surface area contributed by atoms with Gasteiger partial charge in [0.2, 0.25) is 0 Å². The summed E-state index contributed by atoms with van der Waals surface area (Å²) in [6.45, 7) is 2.96. The second-order valence-corrected chi connectivity index (χ2v) is 3.65. The first-order valence-electron chi connectivity index (χ1n) is 5.02. The highest BCUT2D eigenvalue weighted by Gasteiger charge is 2.11. The Kier molecular flexibility index (Phi) is 3.74. The third-order valence-electron chi connectivity index (χ3n) is 2.27. The van der Waals surface area contributed by atoms with Gasteiger partial charge in [0, 0.05) is 33.0 Å². The molecule has 3 nitrogen and oxygen atoms in total. The molecule has 0 saturated heterocycles. The molecular formula is C11H18N2O. The maximum Gasteiger partial charge on any atom is 0.255 e. The van der Waals surface area contributed by atoms with Crippen molar-refractivity contribution in [2.75, 3.05) is 13.6 Å². The Bertz CT molecular complexity index is 304. The minimum absolute atomic E-state index is 0.110. The van der Waals surface area contributed by atoms with Crippen LogP contribution in [0.2, 0.25) is 0 Å². The van der Waals surface area contributed by atoms with Crippen molar-refractivity contribution in [3.63, 3.8) is 0 Å². The van der Waals surface area contributed by atoms with Crippen LogP contribution in [0.4, 0.5) is 0 Å². The Hall–Kier alpha value is -1.25. The summed E-state index contributed by atoms with van der Waals surface area (Å²) >= 11 is 0. The summed E-state index contributed by atoms with van der Waals surface area (Å²) in [4.78, 5) is 13.6. The lowest BCUT2D eigenvalue weighted by Crippen LogP contribution is -2.27. The van der Waals surface area contributed by atoms with Crippen LogP contribution in [0, 0.1) is 0 Å². The van der Waals surface area contributed by atoms with Crippen LogP contribution in [0.25, 0.3) is 0 Å². The molecule has 14 heavy (non-hydrogen) atoms. The smallest absolute Gasteiger partial charge is 0.255 e. The van der Waals surface area contributed by atoms with Crippen molar-refractivity contribution < 1.29 is 4.79 Å². The van der Waals surface area contributed by atoms with Gasteiger partial charge in [-0.15, -0.1) is 0 Å². The molecule has 0 radical (unpaired) electrons. The van der Waals surface area contributed by atoms with E-state index >= 15 is 0 Å². The molecule has 0 spiro atoms. The van der Waals surface area contributed by atoms with E-state index in [9.17, 15) is 4.79 Å². The first kappa shape index (κ1) is 10.8. The third kappa shape index (κ3) is 2.62. The largest absolute Gasteiger partial charge is 0.356 e. The number of carbonyl (C=O) groups is 1. The Morgan fingerprint density at radius 1 is 1.57 bits per heavy atom. The van der Waals surface area contributed by atoms with Crippen LogP contribution in [-0.4, -0.2) is 29.0 Å². The fraction of sp³-hybridized carbons (Fsp3) is 0.545. The summed E-state index contributed by atoms with van der Waals surface area (Å²) in [5, 5.41) is 0. The highest BCUT2D eigenvalue weighted by molar-refractivity contribution is 5.93. The molecular weight excluding hydrogens is 176 g/mol. The molecule has 0 fully saturated rings. The van der Waals surface area contributed by atoms with E-state index < -0.39 is 0 Å². The molecule has 0 aliphatic heterocycles. The van der Waals surface area contributed by atoms with E-state index in [0.29, 0.717) is 0 Å². The molecule has 0 bridgehead atoms. The van der Waals surface area contributed by atoms with Gasteiger partial charge in [-0.25, -0.2) is 0 Å². The van der Waals surface area contributed by atoms with Gasteiger partial charge >= 0.3 is 0 Å². The van der Waals surface area contributed by atoms with Crippen LogP contribution in [0.15, 0.2) is 18.5 Å². The lowest BCUT2D eigenvalue weighted by atomic mass is 10.2. The fourth-order valence-electron chi connectivity index (χ4n) is 1.35. The van der Waals surface area contributed by atoms with Crippen molar-refractivity contribution >= 4 is 5.91 Å². The number of aromatic nitrogens is 1. The Morgan fingerprint density at radius 3 is 2.79 bits per heavy atom. The first-order chi connectivity index (χ1) is 6.65. The van der Waals surface area contributed by atoms with Gasteiger partial charge in [-0.3, -0.25) is 4.79 Å². The normalized spacial score (nSPS) is 10.2. The molecule has 1 heterocycles. The van der Waals surface area contributed by atoms with E-state index in [-0.39, 0.29) is 5.91 Å². The van der Waals surface area contributed by atoms with E-state index in [1.807, 2.05) is 37.1 Å². The van der Waals surface area contributed by atoms with Crippen molar-refractivity contribution in [1.29, 1.82) is 0 Å². The molecule has 1 aromatic heterocycles. The second kappa shape index (κ2) is 4.84. The number of hydrogen-bond donors (Lipinski definition) is 0. The fourth-order valence-corrected chi connectivity index (χ4v) is 1.35. The maximum atomic E-state index is 11.8. The lowest BCUT2D eigenvalue weighted by Gasteiger charge is -2.15. The molecule has 78 valence electrons. The number of nitrogens with zero attached hydrogens (tertiary/aromatic N) is 2. The molecule has 0 unspecified atom stereocenters. The Morgan fingerprint density at radius 2 is 2.29 bits per heavy atom. The van der Waals surface area contributed by atoms with E-state index in [2.05, 4.69) is 6.92 Å². The zero-order valence-electron chi connectivity index (χ0n) is 9.16. The van der Waals surface area contributed by atoms with Crippen molar-refractivity contribution in [2.24, 2.45) is 7.05 Å². The molecule has 0 aliphatic rings. The van der Waals surface area contributed by atoms with E-state index in [1.54, 1.807) is 4.90 Å². The summed E-state index contributed by atoms with van der Waals surface area (Å²) in [7, 11) is 3.77. The van der Waals surface area contributed by atoms with Crippen LogP contribution in [-0.2, 0) is 7.05 Å². The van der Waals surface area contributed by atoms with Gasteiger partial charge in [0.15, 0.2) is 0 Å². The number of hydrogen-bond acceptors (Lipinski definition) is 1. The summed E-state index contributed by atoms with van der Waals surface area (Å²) in [5.41, 5.74) is 0.770. The third-order valence-corrected chi connectivity index (χ3v) is 2.27. The molecule has 0 atom stereocenters. The van der Waals surface area contributed by atoms with Crippen molar-refractivity contribution in [1.82, 2.24) is 9.47 Å². The summed E-state index contributed by atoms with van der Waals surface area (Å²) in [5.74, 6) is 0.110. The molecule has 3 heteroatoms. The minimum Gasteiger partial charge on any atom is -0.356 e. The van der Waals surface area contributed by atoms with Gasteiger partial charge in [0.25, 0.3) is 5.91 Å². The van der Waals surface area contributed by atoms with Crippen LogP contribution in [0.5, 0.6) is 0 Å². The van der Waals surface area contributed by atoms with Crippen molar-refractivity contribution in [3.8, 4) is 0 Å². The van der Waals surface area contributed by atoms with Crippen LogP contribution >= 0.6 is 0 Å². The van der Waals surface area contributed by atoms with Gasteiger partial charge in [-0.1, -0.05) is 13.3 Å². The number of carbonyl (C=O) groups excluding carboxylic acids is 1. The molecule has 0 aromatic carbocycles. The van der Waals surface area contributed by atoms with Gasteiger partial charge in [0.1, 0.15) is 0 Å². The van der Waals surface area contributed by atoms with Crippen molar-refractivity contribution in [3.05, 3.63) is 24.0 Å². The number of unbranched alkanes of at least 4 members (excludes halogenated alkanes) is 1. The SMILES string of the molecule is CCCCN(C)C(=O)c1ccn(C)c1. The van der Waals surface area contributed by atoms with Crippen LogP contribution in [0.3, 0.4) is 0 Å². The highest BCUT2D eigenvalue weighted by Crippen LogP contribution is 2.04. The van der Waals surface area contributed by atoms with Gasteiger partial charge in [-0.05, 0) is 12.5 Å². The standard InChI is InChI=1S/C11H18N2O/c1-4-5-7-13(3)11(14)10-6-8-12(2)9-10/h6,8-9H,4-5,7H2,1-3H3. The molecule has 0 saturated carbocycles. The molecule has 0 aliphatic carbocycles. The summed E-state index contributed by atoms with van der Waals surface area (Å²) in [6, 6.07) is 1.85. The van der Waals surface area contributed by atoms with E-state index in [4.69, 9.17) is 0 Å². The summed E-state index contributed by atoms with van der Waals surface area (Å²) in [6.07, 6.45) is 5.92. The van der Waals surface area contributed by atoms with Crippen LogP contribution < -0.4 is 0 Å². The number of amides is 1. The average molecular weight is 194 g/mol. The van der Waals surface area contributed by atoms with Gasteiger partial charge < -0.3 is 9.47 Å². The van der Waals surface area contributed by atoms with E-state index in [0.717, 1.165) is 24.9 Å². The zero-order valence-corrected chi connectivity index (χ0v) is 9.16.